The second kappa shape index (κ2) is 7.99. The smallest absolute Gasteiger partial charge is 0.335 e. The van der Waals surface area contributed by atoms with Gasteiger partial charge in [0.1, 0.15) is 6.10 Å². The van der Waals surface area contributed by atoms with Crippen LogP contribution < -0.4 is 4.74 Å². The number of benzene rings is 1. The molecule has 0 unspecified atom stereocenters. The summed E-state index contributed by atoms with van der Waals surface area (Å²) in [6, 6.07) is 9.96. The molecule has 2 aromatic rings. The third kappa shape index (κ3) is 4.39. The number of hydrogen-bond acceptors (Lipinski definition) is 4. The van der Waals surface area contributed by atoms with Crippen LogP contribution in [0.15, 0.2) is 42.6 Å². The number of nitrogens with zero attached hydrogens (tertiary/aromatic N) is 2. The van der Waals surface area contributed by atoms with Gasteiger partial charge in [0.05, 0.1) is 11.1 Å². The number of pyridine rings is 1. The number of rotatable bonds is 6. The Bertz CT molecular complexity index is 765. The van der Waals surface area contributed by atoms with Crippen molar-refractivity contribution in [1.29, 1.82) is 0 Å². The van der Waals surface area contributed by atoms with Crippen molar-refractivity contribution < 1.29 is 19.4 Å². The Hall–Kier alpha value is -2.89. The molecular weight excluding hydrogens is 332 g/mol. The molecule has 1 fully saturated rings. The molecule has 0 atom stereocenters. The van der Waals surface area contributed by atoms with E-state index in [0.717, 1.165) is 18.4 Å². The van der Waals surface area contributed by atoms with E-state index >= 15 is 0 Å². The highest BCUT2D eigenvalue weighted by Crippen LogP contribution is 2.23. The molecule has 136 valence electrons. The van der Waals surface area contributed by atoms with Crippen molar-refractivity contribution in [1.82, 2.24) is 9.88 Å². The number of aromatic carboxylic acids is 1. The van der Waals surface area contributed by atoms with Gasteiger partial charge in [-0.1, -0.05) is 12.1 Å². The summed E-state index contributed by atoms with van der Waals surface area (Å²) in [5.74, 6) is -0.556. The van der Waals surface area contributed by atoms with Crippen molar-refractivity contribution in [2.75, 3.05) is 7.05 Å². The first-order valence-electron chi connectivity index (χ1n) is 8.73. The number of ether oxygens (including phenoxy) is 1. The molecular formula is C20H22N2O4. The van der Waals surface area contributed by atoms with E-state index < -0.39 is 5.97 Å². The summed E-state index contributed by atoms with van der Waals surface area (Å²) in [6.45, 7) is 0.388. The maximum Gasteiger partial charge on any atom is 0.335 e. The highest BCUT2D eigenvalue weighted by atomic mass is 16.5. The Balaban J connectivity index is 1.59. The van der Waals surface area contributed by atoms with Crippen molar-refractivity contribution in [2.45, 2.75) is 38.3 Å². The van der Waals surface area contributed by atoms with Crippen LogP contribution in [0.5, 0.6) is 5.88 Å². The summed E-state index contributed by atoms with van der Waals surface area (Å²) in [5.41, 5.74) is 1.58. The zero-order valence-electron chi connectivity index (χ0n) is 14.7. The summed E-state index contributed by atoms with van der Waals surface area (Å²) >= 11 is 0. The van der Waals surface area contributed by atoms with Crippen LogP contribution in [0, 0.1) is 0 Å². The third-order valence-corrected chi connectivity index (χ3v) is 4.54. The summed E-state index contributed by atoms with van der Waals surface area (Å²) in [5, 5.41) is 8.92. The van der Waals surface area contributed by atoms with Gasteiger partial charge in [-0.15, -0.1) is 0 Å². The molecule has 1 aliphatic carbocycles. The minimum atomic E-state index is -0.966. The topological polar surface area (TPSA) is 79.7 Å². The van der Waals surface area contributed by atoms with Gasteiger partial charge in [-0.25, -0.2) is 9.78 Å². The van der Waals surface area contributed by atoms with E-state index in [4.69, 9.17) is 9.84 Å². The Morgan fingerprint density at radius 3 is 2.35 bits per heavy atom. The number of carbonyl (C=O) groups is 2. The number of hydrogen-bond donors (Lipinski definition) is 1. The normalized spacial score (nSPS) is 14.2. The predicted octanol–water partition coefficient (Wildman–Crippen LogP) is 3.37. The first-order chi connectivity index (χ1) is 12.5. The number of carboxylic acid groups (broad SMARTS) is 1. The van der Waals surface area contributed by atoms with Crippen LogP contribution in [0.2, 0.25) is 0 Å². The number of carboxylic acids is 1. The Labute approximate surface area is 152 Å². The summed E-state index contributed by atoms with van der Waals surface area (Å²) in [7, 11) is 1.70. The zero-order chi connectivity index (χ0) is 18.5. The molecule has 3 rings (SSSR count). The molecule has 1 aliphatic rings. The third-order valence-electron chi connectivity index (χ3n) is 4.54. The van der Waals surface area contributed by atoms with Gasteiger partial charge in [0.2, 0.25) is 5.88 Å². The lowest BCUT2D eigenvalue weighted by molar-refractivity contribution is 0.0695. The maximum atomic E-state index is 12.5. The van der Waals surface area contributed by atoms with E-state index in [-0.39, 0.29) is 17.6 Å². The minimum Gasteiger partial charge on any atom is -0.478 e. The van der Waals surface area contributed by atoms with Crippen LogP contribution in [0.1, 0.15) is 52.0 Å². The highest BCUT2D eigenvalue weighted by molar-refractivity contribution is 5.93. The van der Waals surface area contributed by atoms with Crippen LogP contribution in [0.4, 0.5) is 0 Å². The maximum absolute atomic E-state index is 12.5. The second-order valence-corrected chi connectivity index (χ2v) is 6.57. The molecule has 0 aliphatic heterocycles. The van der Waals surface area contributed by atoms with Crippen molar-refractivity contribution in [3.63, 3.8) is 0 Å². The van der Waals surface area contributed by atoms with Crippen molar-refractivity contribution >= 4 is 11.9 Å². The zero-order valence-corrected chi connectivity index (χ0v) is 14.7. The van der Waals surface area contributed by atoms with Crippen LogP contribution in [-0.2, 0) is 6.54 Å². The number of carbonyl (C=O) groups excluding carboxylic acids is 1. The van der Waals surface area contributed by atoms with Gasteiger partial charge < -0.3 is 14.7 Å². The lowest BCUT2D eigenvalue weighted by Gasteiger charge is -2.18. The molecule has 0 bridgehead atoms. The summed E-state index contributed by atoms with van der Waals surface area (Å²) in [4.78, 5) is 29.2. The second-order valence-electron chi connectivity index (χ2n) is 6.57. The van der Waals surface area contributed by atoms with Gasteiger partial charge >= 0.3 is 5.97 Å². The fraction of sp³-hybridized carbons (Fsp3) is 0.350. The van der Waals surface area contributed by atoms with Gasteiger partial charge in [-0.2, -0.15) is 0 Å². The molecule has 26 heavy (non-hydrogen) atoms. The fourth-order valence-corrected chi connectivity index (χ4v) is 3.07. The first kappa shape index (κ1) is 17.9. The van der Waals surface area contributed by atoms with E-state index in [9.17, 15) is 9.59 Å². The van der Waals surface area contributed by atoms with Gasteiger partial charge in [-0.05, 0) is 49.4 Å². The minimum absolute atomic E-state index is 0.146. The first-order valence-corrected chi connectivity index (χ1v) is 8.73. The largest absolute Gasteiger partial charge is 0.478 e. The van der Waals surface area contributed by atoms with E-state index in [1.165, 1.54) is 31.2 Å². The highest BCUT2D eigenvalue weighted by Gasteiger charge is 2.18. The lowest BCUT2D eigenvalue weighted by Crippen LogP contribution is -2.26. The summed E-state index contributed by atoms with van der Waals surface area (Å²) < 4.78 is 5.81. The quantitative estimate of drug-likeness (QED) is 0.860. The monoisotopic (exact) mass is 354 g/mol. The molecule has 0 radical (unpaired) electrons. The van der Waals surface area contributed by atoms with Crippen LogP contribution in [0.3, 0.4) is 0 Å². The molecule has 0 spiro atoms. The Kier molecular flexibility index (Phi) is 5.51. The van der Waals surface area contributed by atoms with Crippen LogP contribution >= 0.6 is 0 Å². The van der Waals surface area contributed by atoms with Gasteiger partial charge in [0.15, 0.2) is 0 Å². The van der Waals surface area contributed by atoms with Crippen molar-refractivity contribution in [2.24, 2.45) is 0 Å². The van der Waals surface area contributed by atoms with E-state index in [0.29, 0.717) is 18.0 Å². The Morgan fingerprint density at radius 2 is 1.77 bits per heavy atom. The molecule has 1 aromatic heterocycles. The van der Waals surface area contributed by atoms with Gasteiger partial charge in [-0.3, -0.25) is 4.79 Å². The van der Waals surface area contributed by atoms with Gasteiger partial charge in [0, 0.05) is 25.9 Å². The average molecular weight is 354 g/mol. The number of amides is 1. The van der Waals surface area contributed by atoms with Crippen LogP contribution in [0.25, 0.3) is 0 Å². The molecule has 6 nitrogen and oxygen atoms in total. The molecule has 1 N–H and O–H groups in total. The lowest BCUT2D eigenvalue weighted by atomic mass is 10.1. The molecule has 1 aromatic carbocycles. The fourth-order valence-electron chi connectivity index (χ4n) is 3.07. The van der Waals surface area contributed by atoms with E-state index in [1.54, 1.807) is 36.2 Å². The Morgan fingerprint density at radius 1 is 1.12 bits per heavy atom. The SMILES string of the molecule is CN(Cc1ccc(C(=O)O)cc1)C(=O)c1ccc(OC2CCCC2)nc1. The average Bonchev–Trinajstić information content (AvgIpc) is 3.15. The number of aromatic nitrogens is 1. The standard InChI is InChI=1S/C20H22N2O4/c1-22(13-14-6-8-15(9-7-14)20(24)25)19(23)16-10-11-18(21-12-16)26-17-4-2-3-5-17/h6-12,17H,2-5,13H2,1H3,(H,24,25). The van der Waals surface area contributed by atoms with Crippen LogP contribution in [-0.4, -0.2) is 40.0 Å². The van der Waals surface area contributed by atoms with Crippen molar-refractivity contribution in [3.8, 4) is 5.88 Å². The molecule has 0 saturated heterocycles. The molecule has 1 amide bonds. The van der Waals surface area contributed by atoms with E-state index in [2.05, 4.69) is 4.98 Å². The molecule has 6 heteroatoms. The predicted molar refractivity (Wildman–Crippen MR) is 96.3 cm³/mol. The van der Waals surface area contributed by atoms with Crippen molar-refractivity contribution in [3.05, 3.63) is 59.3 Å². The van der Waals surface area contributed by atoms with Gasteiger partial charge in [0.25, 0.3) is 5.91 Å². The molecule has 1 heterocycles. The summed E-state index contributed by atoms with van der Waals surface area (Å²) in [6.07, 6.45) is 6.29. The molecule has 1 saturated carbocycles. The van der Waals surface area contributed by atoms with E-state index in [1.807, 2.05) is 0 Å².